The quantitative estimate of drug-likeness (QED) is 0.422. The number of nitrogens with one attached hydrogen (secondary N) is 2. The normalized spacial score (nSPS) is 10.4. The molecule has 0 unspecified atom stereocenters. The third kappa shape index (κ3) is 6.39. The van der Waals surface area contributed by atoms with Gasteiger partial charge in [-0.1, -0.05) is 17.3 Å². The van der Waals surface area contributed by atoms with Gasteiger partial charge in [-0.15, -0.1) is 11.3 Å². The van der Waals surface area contributed by atoms with E-state index in [1.54, 1.807) is 0 Å². The number of nitro groups is 1. The smallest absolute Gasteiger partial charge is 0.271 e. The van der Waals surface area contributed by atoms with Crippen molar-refractivity contribution in [3.8, 4) is 0 Å². The Morgan fingerprint density at radius 3 is 2.88 bits per heavy atom. The summed E-state index contributed by atoms with van der Waals surface area (Å²) in [6, 6.07) is 9.23. The largest absolute Gasteiger partial charge is 0.386 e. The second-order valence-electron chi connectivity index (χ2n) is 4.66. The maximum atomic E-state index is 11.6. The van der Waals surface area contributed by atoms with E-state index >= 15 is 0 Å². The summed E-state index contributed by atoms with van der Waals surface area (Å²) >= 11 is 1.52. The average molecular weight is 362 g/mol. The van der Waals surface area contributed by atoms with Gasteiger partial charge in [-0.3, -0.25) is 19.7 Å². The van der Waals surface area contributed by atoms with Gasteiger partial charge in [-0.25, -0.2) is 0 Å². The van der Waals surface area contributed by atoms with Crippen LogP contribution >= 0.6 is 11.3 Å². The van der Waals surface area contributed by atoms with Crippen molar-refractivity contribution in [3.05, 3.63) is 56.8 Å². The van der Waals surface area contributed by atoms with Gasteiger partial charge in [0.1, 0.15) is 6.21 Å². The Labute approximate surface area is 146 Å². The molecule has 0 radical (unpaired) electrons. The van der Waals surface area contributed by atoms with E-state index in [0.29, 0.717) is 6.54 Å². The summed E-state index contributed by atoms with van der Waals surface area (Å²) < 4.78 is 0. The van der Waals surface area contributed by atoms with Gasteiger partial charge in [0.15, 0.2) is 6.61 Å². The van der Waals surface area contributed by atoms with Crippen molar-refractivity contribution < 1.29 is 19.3 Å². The molecule has 25 heavy (non-hydrogen) atoms. The van der Waals surface area contributed by atoms with E-state index in [1.807, 2.05) is 17.5 Å². The lowest BCUT2D eigenvalue weighted by atomic mass is 10.3. The number of amides is 2. The van der Waals surface area contributed by atoms with Crippen LogP contribution < -0.4 is 10.6 Å². The predicted octanol–water partition coefficient (Wildman–Crippen LogP) is 1.91. The topological polar surface area (TPSA) is 123 Å². The van der Waals surface area contributed by atoms with Crippen LogP contribution in [0.25, 0.3) is 0 Å². The fourth-order valence-corrected chi connectivity index (χ4v) is 2.35. The van der Waals surface area contributed by atoms with E-state index in [9.17, 15) is 19.7 Å². The first kappa shape index (κ1) is 18.1. The van der Waals surface area contributed by atoms with E-state index in [2.05, 4.69) is 15.8 Å². The van der Waals surface area contributed by atoms with E-state index < -0.39 is 10.8 Å². The van der Waals surface area contributed by atoms with Crippen LogP contribution in [0.3, 0.4) is 0 Å². The Balaban J connectivity index is 1.70. The van der Waals surface area contributed by atoms with Gasteiger partial charge in [0.2, 0.25) is 0 Å². The zero-order chi connectivity index (χ0) is 18.1. The van der Waals surface area contributed by atoms with Crippen LogP contribution in [0.4, 0.5) is 11.4 Å². The molecule has 9 nitrogen and oxygen atoms in total. The highest BCUT2D eigenvalue weighted by Gasteiger charge is 2.07. The summed E-state index contributed by atoms with van der Waals surface area (Å²) in [5.74, 6) is -1.01. The summed E-state index contributed by atoms with van der Waals surface area (Å²) in [5.41, 5.74) is 0.104. The molecular formula is C15H14N4O5S. The summed E-state index contributed by atoms with van der Waals surface area (Å²) in [5, 5.41) is 21.0. The molecule has 0 bridgehead atoms. The van der Waals surface area contributed by atoms with Gasteiger partial charge in [-0.2, -0.15) is 0 Å². The van der Waals surface area contributed by atoms with Gasteiger partial charge in [0, 0.05) is 22.7 Å². The fraction of sp³-hybridized carbons (Fsp3) is 0.133. The molecule has 2 amide bonds. The van der Waals surface area contributed by atoms with Gasteiger partial charge in [-0.05, 0) is 17.5 Å². The molecular weight excluding hydrogens is 348 g/mol. The molecule has 0 spiro atoms. The minimum Gasteiger partial charge on any atom is -0.386 e. The van der Waals surface area contributed by atoms with Crippen molar-refractivity contribution in [2.45, 2.75) is 6.54 Å². The first-order valence-electron chi connectivity index (χ1n) is 7.04. The molecule has 0 saturated carbocycles. The standard InChI is InChI=1S/C15H14N4O5S/c20-14(18-11-3-1-4-12(7-11)19(22)23)9-17-24-10-15(21)16-8-13-5-2-6-25-13/h1-7,9H,8,10H2,(H,16,21)(H,18,20)/b17-9-. The summed E-state index contributed by atoms with van der Waals surface area (Å²) in [6.45, 7) is 0.0722. The Morgan fingerprint density at radius 2 is 2.16 bits per heavy atom. The number of benzene rings is 1. The molecule has 2 rings (SSSR count). The lowest BCUT2D eigenvalue weighted by molar-refractivity contribution is -0.384. The molecule has 0 atom stereocenters. The van der Waals surface area contributed by atoms with Gasteiger partial charge in [0.25, 0.3) is 17.5 Å². The van der Waals surface area contributed by atoms with Gasteiger partial charge >= 0.3 is 0 Å². The number of carbonyl (C=O) groups excluding carboxylic acids is 2. The summed E-state index contributed by atoms with van der Waals surface area (Å²) in [7, 11) is 0. The van der Waals surface area contributed by atoms with Crippen LogP contribution in [0.1, 0.15) is 4.88 Å². The highest BCUT2D eigenvalue weighted by Crippen LogP contribution is 2.16. The van der Waals surface area contributed by atoms with Crippen molar-refractivity contribution in [1.29, 1.82) is 0 Å². The monoisotopic (exact) mass is 362 g/mol. The van der Waals surface area contributed by atoms with Crippen LogP contribution in [-0.2, 0) is 21.0 Å². The van der Waals surface area contributed by atoms with Crippen molar-refractivity contribution in [2.75, 3.05) is 11.9 Å². The number of hydrogen-bond acceptors (Lipinski definition) is 7. The lowest BCUT2D eigenvalue weighted by Crippen LogP contribution is -2.26. The third-order valence-corrected chi connectivity index (χ3v) is 3.68. The minimum absolute atomic E-state index is 0.145. The molecule has 0 saturated heterocycles. The predicted molar refractivity (Wildman–Crippen MR) is 92.3 cm³/mol. The zero-order valence-corrected chi connectivity index (χ0v) is 13.7. The number of anilines is 1. The maximum absolute atomic E-state index is 11.6. The molecule has 1 aromatic carbocycles. The Morgan fingerprint density at radius 1 is 1.32 bits per heavy atom. The van der Waals surface area contributed by atoms with E-state index in [1.165, 1.54) is 35.6 Å². The number of thiophene rings is 1. The molecule has 1 heterocycles. The number of oxime groups is 1. The lowest BCUT2D eigenvalue weighted by Gasteiger charge is -2.03. The number of hydrogen-bond donors (Lipinski definition) is 2. The number of rotatable bonds is 8. The molecule has 0 aliphatic rings. The SMILES string of the molecule is O=C(/C=N\OCC(=O)NCc1cccs1)Nc1cccc([N+](=O)[O-])c1. The Bertz CT molecular complexity index is 776. The zero-order valence-electron chi connectivity index (χ0n) is 12.9. The van der Waals surface area contributed by atoms with Crippen molar-refractivity contribution >= 4 is 40.7 Å². The molecule has 0 aliphatic heterocycles. The van der Waals surface area contributed by atoms with Crippen LogP contribution in [0.5, 0.6) is 0 Å². The second-order valence-corrected chi connectivity index (χ2v) is 5.69. The van der Waals surface area contributed by atoms with Gasteiger partial charge in [0.05, 0.1) is 11.5 Å². The molecule has 0 fully saturated rings. The number of nitrogens with zero attached hydrogens (tertiary/aromatic N) is 2. The Hall–Kier alpha value is -3.27. The molecule has 2 N–H and O–H groups in total. The van der Waals surface area contributed by atoms with Crippen molar-refractivity contribution in [1.82, 2.24) is 5.32 Å². The molecule has 10 heteroatoms. The second kappa shape index (κ2) is 9.13. The van der Waals surface area contributed by atoms with Gasteiger partial charge < -0.3 is 15.5 Å². The fourth-order valence-electron chi connectivity index (χ4n) is 1.70. The van der Waals surface area contributed by atoms with E-state index in [-0.39, 0.29) is 23.9 Å². The van der Waals surface area contributed by atoms with Crippen molar-refractivity contribution in [2.24, 2.45) is 5.16 Å². The third-order valence-electron chi connectivity index (χ3n) is 2.80. The highest BCUT2D eigenvalue weighted by atomic mass is 32.1. The Kier molecular flexibility index (Phi) is 6.60. The molecule has 130 valence electrons. The number of non-ortho nitro benzene ring substituents is 1. The minimum atomic E-state index is -0.639. The highest BCUT2D eigenvalue weighted by molar-refractivity contribution is 7.09. The number of carbonyl (C=O) groups is 2. The first-order chi connectivity index (χ1) is 12.0. The first-order valence-corrected chi connectivity index (χ1v) is 7.92. The summed E-state index contributed by atoms with van der Waals surface area (Å²) in [4.78, 5) is 38.9. The van der Waals surface area contributed by atoms with Crippen LogP contribution in [0, 0.1) is 10.1 Å². The molecule has 2 aromatic rings. The van der Waals surface area contributed by atoms with Crippen LogP contribution in [-0.4, -0.2) is 29.6 Å². The van der Waals surface area contributed by atoms with Crippen molar-refractivity contribution in [3.63, 3.8) is 0 Å². The van der Waals surface area contributed by atoms with E-state index in [4.69, 9.17) is 4.84 Å². The molecule has 0 aliphatic carbocycles. The van der Waals surface area contributed by atoms with Crippen LogP contribution in [0.15, 0.2) is 46.9 Å². The summed E-state index contributed by atoms with van der Waals surface area (Å²) in [6.07, 6.45) is 0.839. The van der Waals surface area contributed by atoms with Crippen LogP contribution in [0.2, 0.25) is 0 Å². The maximum Gasteiger partial charge on any atom is 0.271 e. The average Bonchev–Trinajstić information content (AvgIpc) is 3.10. The van der Waals surface area contributed by atoms with E-state index in [0.717, 1.165) is 11.1 Å². The molecule has 1 aromatic heterocycles. The number of nitro benzene ring substituents is 1.